The van der Waals surface area contributed by atoms with E-state index in [0.29, 0.717) is 17.9 Å². The van der Waals surface area contributed by atoms with E-state index in [1.165, 1.54) is 6.07 Å². The van der Waals surface area contributed by atoms with E-state index in [1.54, 1.807) is 24.5 Å². The van der Waals surface area contributed by atoms with Crippen molar-refractivity contribution in [3.63, 3.8) is 0 Å². The van der Waals surface area contributed by atoms with Crippen molar-refractivity contribution in [3.05, 3.63) is 59.7 Å². The number of ether oxygens (including phenoxy) is 1. The maximum Gasteiger partial charge on any atom is 0.130 e. The zero-order valence-electron chi connectivity index (χ0n) is 10.6. The number of halogens is 1. The van der Waals surface area contributed by atoms with Crippen LogP contribution in [0.25, 0.3) is 0 Å². The second kappa shape index (κ2) is 5.63. The third-order valence-corrected chi connectivity index (χ3v) is 2.75. The minimum atomic E-state index is -0.211. The summed E-state index contributed by atoms with van der Waals surface area (Å²) in [5.41, 5.74) is 1.73. The Morgan fingerprint density at radius 1 is 1.17 bits per heavy atom. The summed E-state index contributed by atoms with van der Waals surface area (Å²) < 4.78 is 19.3. The second-order valence-electron chi connectivity index (χ2n) is 4.48. The topological polar surface area (TPSA) is 22.1 Å². The van der Waals surface area contributed by atoms with Gasteiger partial charge in [0.15, 0.2) is 0 Å². The maximum atomic E-state index is 13.7. The van der Waals surface area contributed by atoms with Crippen molar-refractivity contribution in [1.29, 1.82) is 0 Å². The number of hydrogen-bond acceptors (Lipinski definition) is 2. The quantitative estimate of drug-likeness (QED) is 0.814. The molecule has 0 saturated carbocycles. The Morgan fingerprint density at radius 3 is 2.50 bits per heavy atom. The highest BCUT2D eigenvalue weighted by Gasteiger charge is 2.07. The van der Waals surface area contributed by atoms with Crippen LogP contribution in [-0.2, 0) is 6.61 Å². The number of hydrogen-bond donors (Lipinski definition) is 0. The summed E-state index contributed by atoms with van der Waals surface area (Å²) >= 11 is 0. The van der Waals surface area contributed by atoms with Gasteiger partial charge < -0.3 is 4.74 Å². The smallest absolute Gasteiger partial charge is 0.130 e. The summed E-state index contributed by atoms with van der Waals surface area (Å²) in [4.78, 5) is 3.93. The first-order chi connectivity index (χ1) is 8.66. The lowest BCUT2D eigenvalue weighted by molar-refractivity contribution is 0.304. The summed E-state index contributed by atoms with van der Waals surface area (Å²) in [5, 5.41) is 0. The SMILES string of the molecule is CC(C)c1ccc(OCc2ccncc2)cc1F. The fourth-order valence-electron chi connectivity index (χ4n) is 1.71. The predicted octanol–water partition coefficient (Wildman–Crippen LogP) is 3.92. The Balaban J connectivity index is 2.05. The number of rotatable bonds is 4. The minimum Gasteiger partial charge on any atom is -0.489 e. The van der Waals surface area contributed by atoms with Gasteiger partial charge in [-0.05, 0) is 35.2 Å². The molecule has 1 heterocycles. The average Bonchev–Trinajstić information content (AvgIpc) is 2.37. The summed E-state index contributed by atoms with van der Waals surface area (Å²) in [6.07, 6.45) is 3.42. The summed E-state index contributed by atoms with van der Waals surface area (Å²) in [6.45, 7) is 4.36. The number of pyridine rings is 1. The van der Waals surface area contributed by atoms with Gasteiger partial charge in [-0.2, -0.15) is 0 Å². The molecule has 2 rings (SSSR count). The van der Waals surface area contributed by atoms with Crippen LogP contribution >= 0.6 is 0 Å². The van der Waals surface area contributed by atoms with Crippen molar-refractivity contribution in [1.82, 2.24) is 4.98 Å². The summed E-state index contributed by atoms with van der Waals surface area (Å²) in [7, 11) is 0. The molecular formula is C15H16FNO. The molecule has 0 N–H and O–H groups in total. The molecule has 0 atom stereocenters. The first-order valence-electron chi connectivity index (χ1n) is 5.98. The lowest BCUT2D eigenvalue weighted by atomic mass is 10.0. The van der Waals surface area contributed by atoms with Crippen molar-refractivity contribution >= 4 is 0 Å². The van der Waals surface area contributed by atoms with E-state index in [-0.39, 0.29) is 11.7 Å². The molecule has 0 bridgehead atoms. The molecule has 2 nitrogen and oxygen atoms in total. The van der Waals surface area contributed by atoms with Crippen LogP contribution in [0.1, 0.15) is 30.9 Å². The Hall–Kier alpha value is -1.90. The molecule has 0 spiro atoms. The Morgan fingerprint density at radius 2 is 1.89 bits per heavy atom. The van der Waals surface area contributed by atoms with E-state index in [1.807, 2.05) is 26.0 Å². The van der Waals surface area contributed by atoms with E-state index in [9.17, 15) is 4.39 Å². The molecular weight excluding hydrogens is 229 g/mol. The van der Waals surface area contributed by atoms with Crippen LogP contribution in [0.4, 0.5) is 4.39 Å². The standard InChI is InChI=1S/C15H16FNO/c1-11(2)14-4-3-13(9-15(14)16)18-10-12-5-7-17-8-6-12/h3-9,11H,10H2,1-2H3. The van der Waals surface area contributed by atoms with Gasteiger partial charge in [0.1, 0.15) is 18.2 Å². The van der Waals surface area contributed by atoms with E-state index < -0.39 is 0 Å². The number of aromatic nitrogens is 1. The van der Waals surface area contributed by atoms with Crippen molar-refractivity contribution in [3.8, 4) is 5.75 Å². The first-order valence-corrected chi connectivity index (χ1v) is 5.98. The van der Waals surface area contributed by atoms with Crippen LogP contribution in [-0.4, -0.2) is 4.98 Å². The molecule has 0 amide bonds. The fourth-order valence-corrected chi connectivity index (χ4v) is 1.71. The van der Waals surface area contributed by atoms with Crippen LogP contribution in [0.15, 0.2) is 42.7 Å². The lowest BCUT2D eigenvalue weighted by Gasteiger charge is -2.10. The van der Waals surface area contributed by atoms with Gasteiger partial charge >= 0.3 is 0 Å². The molecule has 0 unspecified atom stereocenters. The molecule has 2 aromatic rings. The lowest BCUT2D eigenvalue weighted by Crippen LogP contribution is -1.98. The van der Waals surface area contributed by atoms with Crippen LogP contribution in [0.5, 0.6) is 5.75 Å². The van der Waals surface area contributed by atoms with Gasteiger partial charge in [0.25, 0.3) is 0 Å². The van der Waals surface area contributed by atoms with Crippen molar-refractivity contribution < 1.29 is 9.13 Å². The van der Waals surface area contributed by atoms with E-state index >= 15 is 0 Å². The zero-order valence-corrected chi connectivity index (χ0v) is 10.6. The number of nitrogens with zero attached hydrogens (tertiary/aromatic N) is 1. The highest BCUT2D eigenvalue weighted by Crippen LogP contribution is 2.23. The molecule has 0 fully saturated rings. The molecule has 0 aliphatic carbocycles. The predicted molar refractivity (Wildman–Crippen MR) is 69.1 cm³/mol. The molecule has 3 heteroatoms. The molecule has 94 valence electrons. The summed E-state index contributed by atoms with van der Waals surface area (Å²) in [5.74, 6) is 0.519. The van der Waals surface area contributed by atoms with Crippen LogP contribution in [0, 0.1) is 5.82 Å². The highest BCUT2D eigenvalue weighted by atomic mass is 19.1. The van der Waals surface area contributed by atoms with Gasteiger partial charge in [-0.3, -0.25) is 4.98 Å². The van der Waals surface area contributed by atoms with E-state index in [0.717, 1.165) is 5.56 Å². The van der Waals surface area contributed by atoms with E-state index in [2.05, 4.69) is 4.98 Å². The molecule has 0 saturated heterocycles. The van der Waals surface area contributed by atoms with Gasteiger partial charge in [0.2, 0.25) is 0 Å². The van der Waals surface area contributed by atoms with Gasteiger partial charge in [-0.1, -0.05) is 19.9 Å². The van der Waals surface area contributed by atoms with Crippen molar-refractivity contribution in [2.24, 2.45) is 0 Å². The third kappa shape index (κ3) is 3.06. The second-order valence-corrected chi connectivity index (χ2v) is 4.48. The van der Waals surface area contributed by atoms with Gasteiger partial charge in [0, 0.05) is 18.5 Å². The minimum absolute atomic E-state index is 0.180. The van der Waals surface area contributed by atoms with Gasteiger partial charge in [-0.25, -0.2) is 4.39 Å². The van der Waals surface area contributed by atoms with Crippen LogP contribution in [0.2, 0.25) is 0 Å². The Kier molecular flexibility index (Phi) is 3.92. The number of benzene rings is 1. The maximum absolute atomic E-state index is 13.7. The fraction of sp³-hybridized carbons (Fsp3) is 0.267. The molecule has 0 aliphatic rings. The molecule has 0 aliphatic heterocycles. The molecule has 0 radical (unpaired) electrons. The monoisotopic (exact) mass is 245 g/mol. The molecule has 18 heavy (non-hydrogen) atoms. The molecule has 1 aromatic heterocycles. The Bertz CT molecular complexity index is 511. The van der Waals surface area contributed by atoms with Crippen LogP contribution in [0.3, 0.4) is 0 Å². The van der Waals surface area contributed by atoms with Crippen molar-refractivity contribution in [2.45, 2.75) is 26.4 Å². The van der Waals surface area contributed by atoms with Crippen LogP contribution < -0.4 is 4.74 Å². The van der Waals surface area contributed by atoms with Gasteiger partial charge in [0.05, 0.1) is 0 Å². The summed E-state index contributed by atoms with van der Waals surface area (Å²) in [6, 6.07) is 8.77. The van der Waals surface area contributed by atoms with Gasteiger partial charge in [-0.15, -0.1) is 0 Å². The zero-order chi connectivity index (χ0) is 13.0. The molecule has 1 aromatic carbocycles. The third-order valence-electron chi connectivity index (χ3n) is 2.75. The highest BCUT2D eigenvalue weighted by molar-refractivity contribution is 5.30. The average molecular weight is 245 g/mol. The normalized spacial score (nSPS) is 10.7. The van der Waals surface area contributed by atoms with E-state index in [4.69, 9.17) is 4.74 Å². The first kappa shape index (κ1) is 12.6. The Labute approximate surface area is 106 Å². The largest absolute Gasteiger partial charge is 0.489 e. The van der Waals surface area contributed by atoms with Crippen molar-refractivity contribution in [2.75, 3.05) is 0 Å².